The number of carbonyl (C=O) groups excluding carboxylic acids is 1. The van der Waals surface area contributed by atoms with Gasteiger partial charge in [0.2, 0.25) is 5.91 Å². The Labute approximate surface area is 109 Å². The molecule has 0 bridgehead atoms. The van der Waals surface area contributed by atoms with Gasteiger partial charge in [0, 0.05) is 12.1 Å². The van der Waals surface area contributed by atoms with Gasteiger partial charge in [-0.15, -0.1) is 0 Å². The van der Waals surface area contributed by atoms with Gasteiger partial charge in [-0.1, -0.05) is 31.2 Å². The Bertz CT molecular complexity index is 392. The van der Waals surface area contributed by atoms with E-state index in [0.29, 0.717) is 12.6 Å². The van der Waals surface area contributed by atoms with E-state index in [-0.39, 0.29) is 11.9 Å². The summed E-state index contributed by atoms with van der Waals surface area (Å²) < 4.78 is 0. The Kier molecular flexibility index (Phi) is 4.37. The van der Waals surface area contributed by atoms with E-state index < -0.39 is 0 Å². The standard InChI is InChI=1S/C15H22N2O/c1-3-11(2)17-15(18)10-16-14-8-12-6-4-5-7-13(12)9-14/h4-7,11,14,16H,3,8-10H2,1-2H3,(H,17,18). The SMILES string of the molecule is CCC(C)NC(=O)CNC1Cc2ccccc2C1. The lowest BCUT2D eigenvalue weighted by Gasteiger charge is -2.14. The van der Waals surface area contributed by atoms with E-state index in [1.165, 1.54) is 11.1 Å². The van der Waals surface area contributed by atoms with Crippen molar-refractivity contribution in [1.29, 1.82) is 0 Å². The Hall–Kier alpha value is -1.35. The summed E-state index contributed by atoms with van der Waals surface area (Å²) >= 11 is 0. The quantitative estimate of drug-likeness (QED) is 0.829. The van der Waals surface area contributed by atoms with E-state index in [9.17, 15) is 4.79 Å². The van der Waals surface area contributed by atoms with Crippen LogP contribution in [-0.4, -0.2) is 24.5 Å². The van der Waals surface area contributed by atoms with Crippen molar-refractivity contribution in [2.75, 3.05) is 6.54 Å². The third-order valence-corrected chi connectivity index (χ3v) is 3.62. The summed E-state index contributed by atoms with van der Waals surface area (Å²) in [6.07, 6.45) is 3.04. The first-order chi connectivity index (χ1) is 8.69. The van der Waals surface area contributed by atoms with Gasteiger partial charge in [0.25, 0.3) is 0 Å². The van der Waals surface area contributed by atoms with Crippen molar-refractivity contribution >= 4 is 5.91 Å². The second-order valence-electron chi connectivity index (χ2n) is 5.13. The largest absolute Gasteiger partial charge is 0.353 e. The normalized spacial score (nSPS) is 16.3. The number of rotatable bonds is 5. The predicted molar refractivity (Wildman–Crippen MR) is 73.5 cm³/mol. The van der Waals surface area contributed by atoms with Gasteiger partial charge in [-0.05, 0) is 37.3 Å². The van der Waals surface area contributed by atoms with Crippen molar-refractivity contribution in [2.45, 2.75) is 45.2 Å². The molecular formula is C15H22N2O. The molecule has 0 fully saturated rings. The maximum Gasteiger partial charge on any atom is 0.234 e. The predicted octanol–water partition coefficient (Wildman–Crippen LogP) is 1.66. The summed E-state index contributed by atoms with van der Waals surface area (Å²) in [7, 11) is 0. The summed E-state index contributed by atoms with van der Waals surface area (Å²) in [5, 5.41) is 6.32. The van der Waals surface area contributed by atoms with Crippen molar-refractivity contribution in [3.05, 3.63) is 35.4 Å². The number of benzene rings is 1. The van der Waals surface area contributed by atoms with Crippen LogP contribution in [0.2, 0.25) is 0 Å². The van der Waals surface area contributed by atoms with Crippen LogP contribution in [0.1, 0.15) is 31.4 Å². The lowest BCUT2D eigenvalue weighted by atomic mass is 10.1. The summed E-state index contributed by atoms with van der Waals surface area (Å²) in [6, 6.07) is 9.19. The molecule has 1 atom stereocenters. The third-order valence-electron chi connectivity index (χ3n) is 3.62. The number of nitrogens with one attached hydrogen (secondary N) is 2. The molecule has 0 spiro atoms. The lowest BCUT2D eigenvalue weighted by Crippen LogP contribution is -2.42. The molecule has 0 heterocycles. The molecule has 1 unspecified atom stereocenters. The number of amides is 1. The first-order valence-electron chi connectivity index (χ1n) is 6.78. The third kappa shape index (κ3) is 3.33. The zero-order chi connectivity index (χ0) is 13.0. The van der Waals surface area contributed by atoms with Crippen LogP contribution in [0.4, 0.5) is 0 Å². The van der Waals surface area contributed by atoms with E-state index >= 15 is 0 Å². The van der Waals surface area contributed by atoms with E-state index in [1.807, 2.05) is 6.92 Å². The molecule has 18 heavy (non-hydrogen) atoms. The highest BCUT2D eigenvalue weighted by Crippen LogP contribution is 2.21. The van der Waals surface area contributed by atoms with Crippen molar-refractivity contribution in [3.8, 4) is 0 Å². The smallest absolute Gasteiger partial charge is 0.234 e. The molecule has 98 valence electrons. The van der Waals surface area contributed by atoms with Crippen LogP contribution in [0.5, 0.6) is 0 Å². The van der Waals surface area contributed by atoms with E-state index in [0.717, 1.165) is 19.3 Å². The first-order valence-corrected chi connectivity index (χ1v) is 6.78. The first kappa shape index (κ1) is 13.1. The molecule has 3 nitrogen and oxygen atoms in total. The molecule has 2 N–H and O–H groups in total. The summed E-state index contributed by atoms with van der Waals surface area (Å²) in [5.74, 6) is 0.0975. The zero-order valence-electron chi connectivity index (χ0n) is 11.2. The van der Waals surface area contributed by atoms with E-state index in [4.69, 9.17) is 0 Å². The highest BCUT2D eigenvalue weighted by molar-refractivity contribution is 5.78. The maximum absolute atomic E-state index is 11.7. The van der Waals surface area contributed by atoms with Crippen LogP contribution < -0.4 is 10.6 Å². The van der Waals surface area contributed by atoms with Gasteiger partial charge < -0.3 is 10.6 Å². The average Bonchev–Trinajstić information content (AvgIpc) is 2.79. The average molecular weight is 246 g/mol. The van der Waals surface area contributed by atoms with Crippen LogP contribution in [0, 0.1) is 0 Å². The fourth-order valence-electron chi connectivity index (χ4n) is 2.37. The zero-order valence-corrected chi connectivity index (χ0v) is 11.2. The van der Waals surface area contributed by atoms with Gasteiger partial charge in [-0.25, -0.2) is 0 Å². The minimum atomic E-state index is 0.0975. The van der Waals surface area contributed by atoms with E-state index in [1.54, 1.807) is 0 Å². The van der Waals surface area contributed by atoms with Crippen LogP contribution >= 0.6 is 0 Å². The summed E-state index contributed by atoms with van der Waals surface area (Å²) in [4.78, 5) is 11.7. The Morgan fingerprint density at radius 3 is 2.50 bits per heavy atom. The number of hydrogen-bond acceptors (Lipinski definition) is 2. The van der Waals surface area contributed by atoms with Gasteiger partial charge in [0.1, 0.15) is 0 Å². The fourth-order valence-corrected chi connectivity index (χ4v) is 2.37. The van der Waals surface area contributed by atoms with E-state index in [2.05, 4.69) is 41.8 Å². The van der Waals surface area contributed by atoms with Crippen molar-refractivity contribution in [3.63, 3.8) is 0 Å². The molecule has 1 aromatic rings. The Morgan fingerprint density at radius 2 is 1.94 bits per heavy atom. The van der Waals surface area contributed by atoms with Gasteiger partial charge in [-0.2, -0.15) is 0 Å². The molecule has 0 aliphatic heterocycles. The Balaban J connectivity index is 1.75. The van der Waals surface area contributed by atoms with Gasteiger partial charge in [-0.3, -0.25) is 4.79 Å². The van der Waals surface area contributed by atoms with Crippen LogP contribution in [0.25, 0.3) is 0 Å². The second-order valence-corrected chi connectivity index (χ2v) is 5.13. The van der Waals surface area contributed by atoms with Crippen molar-refractivity contribution in [1.82, 2.24) is 10.6 Å². The van der Waals surface area contributed by atoms with Crippen molar-refractivity contribution < 1.29 is 4.79 Å². The van der Waals surface area contributed by atoms with Crippen molar-refractivity contribution in [2.24, 2.45) is 0 Å². The van der Waals surface area contributed by atoms with Crippen LogP contribution in [0.3, 0.4) is 0 Å². The minimum Gasteiger partial charge on any atom is -0.353 e. The molecule has 0 radical (unpaired) electrons. The highest BCUT2D eigenvalue weighted by atomic mass is 16.1. The highest BCUT2D eigenvalue weighted by Gasteiger charge is 2.20. The second kappa shape index (κ2) is 6.01. The van der Waals surface area contributed by atoms with Gasteiger partial charge in [0.15, 0.2) is 0 Å². The number of fused-ring (bicyclic) bond motifs is 1. The molecule has 3 heteroatoms. The fraction of sp³-hybridized carbons (Fsp3) is 0.533. The molecule has 1 aliphatic carbocycles. The summed E-state index contributed by atoms with van der Waals surface area (Å²) in [6.45, 7) is 4.53. The van der Waals surface area contributed by atoms with Gasteiger partial charge >= 0.3 is 0 Å². The van der Waals surface area contributed by atoms with Crippen LogP contribution in [-0.2, 0) is 17.6 Å². The number of carbonyl (C=O) groups is 1. The summed E-state index contributed by atoms with van der Waals surface area (Å²) in [5.41, 5.74) is 2.83. The molecule has 0 aromatic heterocycles. The van der Waals surface area contributed by atoms with Crippen LogP contribution in [0.15, 0.2) is 24.3 Å². The molecular weight excluding hydrogens is 224 g/mol. The van der Waals surface area contributed by atoms with Gasteiger partial charge in [0.05, 0.1) is 6.54 Å². The topological polar surface area (TPSA) is 41.1 Å². The Morgan fingerprint density at radius 1 is 1.33 bits per heavy atom. The monoisotopic (exact) mass is 246 g/mol. The molecule has 0 saturated heterocycles. The number of hydrogen-bond donors (Lipinski definition) is 2. The molecule has 0 saturated carbocycles. The molecule has 1 aromatic carbocycles. The molecule has 1 aliphatic rings. The molecule has 2 rings (SSSR count). The molecule has 1 amide bonds. The lowest BCUT2D eigenvalue weighted by molar-refractivity contribution is -0.121. The maximum atomic E-state index is 11.7. The minimum absolute atomic E-state index is 0.0975.